The van der Waals surface area contributed by atoms with Crippen molar-refractivity contribution >= 4 is 100 Å². The van der Waals surface area contributed by atoms with Crippen LogP contribution in [0.5, 0.6) is 0 Å². The molecule has 0 spiro atoms. The van der Waals surface area contributed by atoms with Crippen molar-refractivity contribution < 1.29 is 55.5 Å². The molecule has 3 fully saturated rings. The van der Waals surface area contributed by atoms with E-state index in [1.807, 2.05) is 67.7 Å². The lowest BCUT2D eigenvalue weighted by atomic mass is 10.1. The molecule has 8 rings (SSSR count). The van der Waals surface area contributed by atoms with E-state index in [0.29, 0.717) is 5.56 Å². The first kappa shape index (κ1) is 54.6. The molecule has 7 heterocycles. The predicted octanol–water partition coefficient (Wildman–Crippen LogP) is 7.45. The van der Waals surface area contributed by atoms with Gasteiger partial charge in [0.15, 0.2) is 57.2 Å². The number of imidazole rings is 2. The minimum absolute atomic E-state index is 0.0114. The Morgan fingerprint density at radius 1 is 0.833 bits per heavy atom. The number of carbonyl (C=O) groups excluding carboxylic acids is 2. The lowest BCUT2D eigenvalue weighted by molar-refractivity contribution is -0.118. The van der Waals surface area contributed by atoms with Gasteiger partial charge < -0.3 is 33.1 Å². The molecule has 10 atom stereocenters. The number of hydrogen-bond acceptors (Lipinski definition) is 18. The van der Waals surface area contributed by atoms with E-state index in [4.69, 9.17) is 48.2 Å². The Hall–Kier alpha value is -3.64. The van der Waals surface area contributed by atoms with Crippen LogP contribution in [-0.4, -0.2) is 122 Å². The molecule has 3 aliphatic heterocycles. The summed E-state index contributed by atoms with van der Waals surface area (Å²) < 4.78 is 71.0. The van der Waals surface area contributed by atoms with Gasteiger partial charge in [-0.1, -0.05) is 85.8 Å². The van der Waals surface area contributed by atoms with Gasteiger partial charge in [-0.25, -0.2) is 24.5 Å². The van der Waals surface area contributed by atoms with Crippen molar-refractivity contribution in [3.05, 3.63) is 65.2 Å². The second-order valence-corrected chi connectivity index (χ2v) is 36.4. The van der Waals surface area contributed by atoms with Crippen LogP contribution in [-0.2, 0) is 57.6 Å². The van der Waals surface area contributed by atoms with Crippen LogP contribution in [0, 0.1) is 5.92 Å². The summed E-state index contributed by atoms with van der Waals surface area (Å²) in [5, 5.41) is 4.69. The topological polar surface area (TPSA) is 277 Å². The maximum absolute atomic E-state index is 15.0. The molecule has 0 radical (unpaired) electrons. The van der Waals surface area contributed by atoms with Crippen molar-refractivity contribution in [1.82, 2.24) is 39.0 Å². The summed E-state index contributed by atoms with van der Waals surface area (Å²) in [6, 6.07) is 8.59. The zero-order valence-corrected chi connectivity index (χ0v) is 47.5. The summed E-state index contributed by atoms with van der Waals surface area (Å²) in [5.41, 5.74) is 0.0504. The van der Waals surface area contributed by atoms with Crippen molar-refractivity contribution in [1.29, 1.82) is 0 Å². The molecule has 29 heteroatoms. The number of carbonyl (C=O) groups is 2. The number of thiol groups is 1. The van der Waals surface area contributed by atoms with E-state index in [9.17, 15) is 23.8 Å². The quantitative estimate of drug-likeness (QED) is 0.0516. The van der Waals surface area contributed by atoms with E-state index in [1.54, 1.807) is 44.2 Å². The predicted molar refractivity (Wildman–Crippen MR) is 278 cm³/mol. The molecule has 3 aliphatic rings. The molecule has 4 bridgehead atoms. The number of ether oxygens (including phenoxy) is 2. The van der Waals surface area contributed by atoms with E-state index in [1.165, 1.54) is 28.1 Å². The van der Waals surface area contributed by atoms with E-state index in [2.05, 4.69) is 52.8 Å². The zero-order chi connectivity index (χ0) is 52.5. The first-order valence-corrected chi connectivity index (χ1v) is 34.4. The number of hydrogen-bond donors (Lipinski definition) is 5. The number of aromatic amines is 1. The SMILES string of the molecule is CC(C)C(=O)Nc1nc2c(ncn2[C@@H]2O[C@@H]3COP(=O)(S)O[C@H]4C(O[Si](C)(C)C(C)(C)C)[C@@H](COP(O)(=S)O[C@H]2C3O[Si](C)(C)C(C)(C)C)O[C@H]4n2cnc3c(NC(=O)c4ccccc4)ncnc32)c(=O)[nH]1. The summed E-state index contributed by atoms with van der Waals surface area (Å²) in [5.74, 6) is -1.29. The number of nitrogens with one attached hydrogen (secondary N) is 3. The number of nitrogens with zero attached hydrogens (tertiary/aromatic N) is 7. The van der Waals surface area contributed by atoms with Crippen molar-refractivity contribution in [3.8, 4) is 0 Å². The number of rotatable bonds is 10. The third-order valence-electron chi connectivity index (χ3n) is 13.7. The molecule has 1 aromatic carbocycles. The summed E-state index contributed by atoms with van der Waals surface area (Å²) in [6.45, 7) is 13.9. The smallest absolute Gasteiger partial charge is 0.386 e. The molecular weight excluding hydrogens is 1050 g/mol. The van der Waals surface area contributed by atoms with E-state index in [0.717, 1.165) is 0 Å². The first-order chi connectivity index (χ1) is 33.5. The van der Waals surface area contributed by atoms with Crippen LogP contribution in [0.4, 0.5) is 11.8 Å². The van der Waals surface area contributed by atoms with Crippen LogP contribution >= 0.6 is 25.8 Å². The number of anilines is 2. The summed E-state index contributed by atoms with van der Waals surface area (Å²) in [6.07, 6.45) is -5.57. The molecule has 3 saturated heterocycles. The van der Waals surface area contributed by atoms with E-state index >= 15 is 0 Å². The monoisotopic (exact) mass is 1110 g/mol. The average Bonchev–Trinajstić information content (AvgIpc) is 4.05. The molecule has 23 nitrogen and oxygen atoms in total. The molecule has 4 aromatic heterocycles. The van der Waals surface area contributed by atoms with E-state index in [-0.39, 0.29) is 44.2 Å². The van der Waals surface area contributed by atoms with E-state index < -0.39 is 116 Å². The van der Waals surface area contributed by atoms with Crippen LogP contribution in [0.25, 0.3) is 22.3 Å². The Morgan fingerprint density at radius 3 is 1.94 bits per heavy atom. The van der Waals surface area contributed by atoms with Crippen molar-refractivity contribution in [2.24, 2.45) is 5.92 Å². The van der Waals surface area contributed by atoms with Gasteiger partial charge in [-0.15, -0.1) is 0 Å². The second kappa shape index (κ2) is 20.1. The first-order valence-electron chi connectivity index (χ1n) is 23.3. The second-order valence-electron chi connectivity index (χ2n) is 21.2. The lowest BCUT2D eigenvalue weighted by Gasteiger charge is -2.41. The van der Waals surface area contributed by atoms with Gasteiger partial charge >= 0.3 is 13.5 Å². The Labute approximate surface area is 428 Å². The molecule has 392 valence electrons. The molecular formula is C43H62N10O13P2S2Si2. The highest BCUT2D eigenvalue weighted by molar-refractivity contribution is 8.44. The molecule has 2 amide bonds. The summed E-state index contributed by atoms with van der Waals surface area (Å²) in [7, 11) is -5.57. The lowest BCUT2D eigenvalue weighted by Crippen LogP contribution is -2.51. The zero-order valence-electron chi connectivity index (χ0n) is 42.0. The Bertz CT molecular complexity index is 3010. The third kappa shape index (κ3) is 11.3. The number of amides is 2. The van der Waals surface area contributed by atoms with Gasteiger partial charge in [-0.2, -0.15) is 4.98 Å². The van der Waals surface area contributed by atoms with Crippen LogP contribution in [0.1, 0.15) is 78.2 Å². The molecule has 5 aromatic rings. The Morgan fingerprint density at radius 2 is 1.38 bits per heavy atom. The highest BCUT2D eigenvalue weighted by Gasteiger charge is 2.57. The van der Waals surface area contributed by atoms with Gasteiger partial charge in [0.05, 0.1) is 25.9 Å². The maximum Gasteiger partial charge on any atom is 0.386 e. The molecule has 0 aliphatic carbocycles. The highest BCUT2D eigenvalue weighted by Crippen LogP contribution is 2.59. The summed E-state index contributed by atoms with van der Waals surface area (Å²) in [4.78, 5) is 76.4. The number of aromatic nitrogens is 8. The number of benzene rings is 1. The van der Waals surface area contributed by atoms with Crippen molar-refractivity contribution in [2.45, 2.75) is 141 Å². The van der Waals surface area contributed by atoms with Gasteiger partial charge in [-0.3, -0.25) is 47.4 Å². The normalized spacial score (nSPS) is 28.9. The third-order valence-corrected chi connectivity index (χ3v) is 25.9. The fourth-order valence-electron chi connectivity index (χ4n) is 7.71. The van der Waals surface area contributed by atoms with Crippen molar-refractivity contribution in [3.63, 3.8) is 0 Å². The molecule has 4 unspecified atom stereocenters. The molecule has 72 heavy (non-hydrogen) atoms. The minimum atomic E-state index is -4.50. The van der Waals surface area contributed by atoms with Gasteiger partial charge in [-0.05, 0) is 60.2 Å². The van der Waals surface area contributed by atoms with Crippen LogP contribution < -0.4 is 16.2 Å². The van der Waals surface area contributed by atoms with Crippen LogP contribution in [0.2, 0.25) is 36.3 Å². The van der Waals surface area contributed by atoms with Gasteiger partial charge in [0.2, 0.25) is 11.9 Å². The molecule has 0 saturated carbocycles. The van der Waals surface area contributed by atoms with Crippen LogP contribution in [0.3, 0.4) is 0 Å². The standard InChI is InChI=1S/C43H62N10O13P2S2Si2/c1-23(2)36(54)50-41-49-35-28(38(56)51-41)47-22-53(35)40-32-30(66-72(11,12)43(6,7)8)26(62-40)19-60-67(57,69)63-31-29(65-71(9,10)42(3,4)5)25(18-59-68(58,70)64-32)61-39(31)52-21-46-27-33(44-20-45-34(27)52)48-37(55)24-16-14-13-15-17-24/h13-17,20-23,25-26,29-32,39-40H,18-19H2,1-12H3,(H,57,69)(H,58,70)(H,44,45,48,55)(H2,49,50,51,54,56)/t25-,26-,29?,30?,31+,32+,39-,40-,67?,68?/m1/s1. The average molecular weight is 1110 g/mol. The Balaban J connectivity index is 1.21. The number of fused-ring (bicyclic) bond motifs is 6. The van der Waals surface area contributed by atoms with Gasteiger partial charge in [0.1, 0.15) is 43.0 Å². The maximum atomic E-state index is 15.0. The van der Waals surface area contributed by atoms with Gasteiger partial charge in [0.25, 0.3) is 11.5 Å². The van der Waals surface area contributed by atoms with Crippen LogP contribution in [0.15, 0.2) is 54.1 Å². The molecule has 4 N–H and O–H groups in total. The summed E-state index contributed by atoms with van der Waals surface area (Å²) >= 11 is 10.4. The number of H-pyrrole nitrogens is 1. The highest BCUT2D eigenvalue weighted by atomic mass is 32.7. The largest absolute Gasteiger partial charge is 0.408 e. The van der Waals surface area contributed by atoms with Gasteiger partial charge in [0, 0.05) is 11.5 Å². The Kier molecular flexibility index (Phi) is 15.3. The fourth-order valence-corrected chi connectivity index (χ4v) is 13.2. The van der Waals surface area contributed by atoms with Crippen molar-refractivity contribution in [2.75, 3.05) is 23.8 Å². The minimum Gasteiger partial charge on any atom is -0.408 e. The fraction of sp³-hybridized carbons (Fsp3) is 0.581.